The highest BCUT2D eigenvalue weighted by atomic mass is 35.5. The van der Waals surface area contributed by atoms with E-state index in [1.54, 1.807) is 25.1 Å². The number of anilines is 1. The molecule has 1 N–H and O–H groups in total. The van der Waals surface area contributed by atoms with Crippen molar-refractivity contribution in [3.63, 3.8) is 0 Å². The predicted molar refractivity (Wildman–Crippen MR) is 84.9 cm³/mol. The van der Waals surface area contributed by atoms with Gasteiger partial charge < -0.3 is 4.74 Å². The molecule has 0 aliphatic rings. The molecule has 2 rings (SSSR count). The molecule has 0 atom stereocenters. The number of halogens is 4. The van der Waals surface area contributed by atoms with Crippen molar-refractivity contribution >= 4 is 27.3 Å². The monoisotopic (exact) mass is 379 g/mol. The van der Waals surface area contributed by atoms with E-state index < -0.39 is 31.7 Å². The smallest absolute Gasteiger partial charge is 0.417 e. The van der Waals surface area contributed by atoms with Gasteiger partial charge in [-0.3, -0.25) is 4.72 Å². The van der Waals surface area contributed by atoms with Crippen LogP contribution in [-0.4, -0.2) is 15.0 Å². The molecule has 0 aliphatic heterocycles. The highest BCUT2D eigenvalue weighted by molar-refractivity contribution is 7.92. The summed E-state index contributed by atoms with van der Waals surface area (Å²) in [6, 6.07) is 8.61. The number of sulfonamides is 1. The van der Waals surface area contributed by atoms with Gasteiger partial charge >= 0.3 is 6.18 Å². The number of alkyl halides is 3. The van der Waals surface area contributed by atoms with Crippen molar-refractivity contribution in [3.05, 3.63) is 53.1 Å². The Morgan fingerprint density at radius 3 is 2.46 bits per heavy atom. The van der Waals surface area contributed by atoms with Crippen LogP contribution in [0.25, 0.3) is 0 Å². The molecular formula is C15H13ClF3NO3S. The molecule has 130 valence electrons. The molecule has 0 saturated carbocycles. The molecule has 4 nitrogen and oxygen atoms in total. The molecule has 0 saturated heterocycles. The van der Waals surface area contributed by atoms with Gasteiger partial charge in [-0.1, -0.05) is 23.7 Å². The highest BCUT2D eigenvalue weighted by Gasteiger charge is 2.34. The van der Waals surface area contributed by atoms with E-state index in [2.05, 4.69) is 4.72 Å². The third-order valence-corrected chi connectivity index (χ3v) is 4.68. The summed E-state index contributed by atoms with van der Waals surface area (Å²) >= 11 is 5.50. The van der Waals surface area contributed by atoms with Crippen molar-refractivity contribution in [1.29, 1.82) is 0 Å². The Kier molecular flexibility index (Phi) is 5.29. The third-order valence-electron chi connectivity index (χ3n) is 2.98. The predicted octanol–water partition coefficient (Wildman–Crippen LogP) is 4.56. The lowest BCUT2D eigenvalue weighted by Gasteiger charge is -2.14. The number of ether oxygens (including phenoxy) is 1. The first kappa shape index (κ1) is 18.4. The van der Waals surface area contributed by atoms with E-state index >= 15 is 0 Å². The van der Waals surface area contributed by atoms with Crippen molar-refractivity contribution in [2.45, 2.75) is 18.0 Å². The van der Waals surface area contributed by atoms with E-state index in [-0.39, 0.29) is 11.4 Å². The van der Waals surface area contributed by atoms with Gasteiger partial charge in [0, 0.05) is 0 Å². The standard InChI is InChI=1S/C15H13ClF3NO3S/c1-2-23-14-6-4-3-5-13(14)20-24(21,22)10-7-8-12(16)11(9-10)15(17,18)19/h3-9,20H,2H2,1H3. The summed E-state index contributed by atoms with van der Waals surface area (Å²) in [7, 11) is -4.24. The number of para-hydroxylation sites is 2. The van der Waals surface area contributed by atoms with Gasteiger partial charge in [0.1, 0.15) is 5.75 Å². The van der Waals surface area contributed by atoms with Crippen LogP contribution in [-0.2, 0) is 16.2 Å². The van der Waals surface area contributed by atoms with Crippen LogP contribution in [0.2, 0.25) is 5.02 Å². The number of hydrogen-bond acceptors (Lipinski definition) is 3. The average Bonchev–Trinajstić information content (AvgIpc) is 2.48. The fourth-order valence-corrected chi connectivity index (χ4v) is 3.25. The molecule has 0 heterocycles. The number of benzene rings is 2. The van der Waals surface area contributed by atoms with E-state index in [4.69, 9.17) is 16.3 Å². The molecule has 9 heteroatoms. The lowest BCUT2D eigenvalue weighted by molar-refractivity contribution is -0.137. The minimum Gasteiger partial charge on any atom is -0.492 e. The SMILES string of the molecule is CCOc1ccccc1NS(=O)(=O)c1ccc(Cl)c(C(F)(F)F)c1. The fourth-order valence-electron chi connectivity index (χ4n) is 1.92. The molecule has 0 bridgehead atoms. The molecule has 0 radical (unpaired) electrons. The van der Waals surface area contributed by atoms with Crippen molar-refractivity contribution in [1.82, 2.24) is 0 Å². The van der Waals surface area contributed by atoms with Crippen LogP contribution in [0.15, 0.2) is 47.4 Å². The number of nitrogens with one attached hydrogen (secondary N) is 1. The zero-order valence-electron chi connectivity index (χ0n) is 12.4. The Labute approximate surface area is 142 Å². The molecule has 0 spiro atoms. The van der Waals surface area contributed by atoms with E-state index in [9.17, 15) is 21.6 Å². The topological polar surface area (TPSA) is 55.4 Å². The first-order chi connectivity index (χ1) is 11.1. The van der Waals surface area contributed by atoms with Crippen molar-refractivity contribution in [2.24, 2.45) is 0 Å². The summed E-state index contributed by atoms with van der Waals surface area (Å²) in [6.07, 6.45) is -4.76. The second-order valence-electron chi connectivity index (χ2n) is 4.67. The van der Waals surface area contributed by atoms with Crippen LogP contribution in [0.1, 0.15) is 12.5 Å². The van der Waals surface area contributed by atoms with Gasteiger partial charge in [0.2, 0.25) is 0 Å². The summed E-state index contributed by atoms with van der Waals surface area (Å²) in [5, 5.41) is -0.573. The molecular weight excluding hydrogens is 367 g/mol. The number of hydrogen-bond donors (Lipinski definition) is 1. The zero-order chi connectivity index (χ0) is 18.0. The first-order valence-electron chi connectivity index (χ1n) is 6.76. The van der Waals surface area contributed by atoms with Crippen LogP contribution < -0.4 is 9.46 Å². The minimum atomic E-state index is -4.76. The highest BCUT2D eigenvalue weighted by Crippen LogP contribution is 2.36. The molecule has 2 aromatic rings. The van der Waals surface area contributed by atoms with E-state index in [0.717, 1.165) is 12.1 Å². The van der Waals surface area contributed by atoms with Crippen LogP contribution in [0.5, 0.6) is 5.75 Å². The average molecular weight is 380 g/mol. The molecule has 2 aromatic carbocycles. The Bertz CT molecular complexity index is 838. The first-order valence-corrected chi connectivity index (χ1v) is 8.62. The maximum atomic E-state index is 12.9. The van der Waals surface area contributed by atoms with Crippen LogP contribution in [0.4, 0.5) is 18.9 Å². The van der Waals surface area contributed by atoms with Gasteiger partial charge in [-0.15, -0.1) is 0 Å². The van der Waals surface area contributed by atoms with E-state index in [0.29, 0.717) is 12.7 Å². The Morgan fingerprint density at radius 1 is 1.17 bits per heavy atom. The van der Waals surface area contributed by atoms with Crippen molar-refractivity contribution in [2.75, 3.05) is 11.3 Å². The van der Waals surface area contributed by atoms with Gasteiger partial charge in [-0.2, -0.15) is 13.2 Å². The summed E-state index contributed by atoms with van der Waals surface area (Å²) in [5.41, 5.74) is -1.09. The van der Waals surface area contributed by atoms with E-state index in [1.807, 2.05) is 0 Å². The van der Waals surface area contributed by atoms with Crippen molar-refractivity contribution < 1.29 is 26.3 Å². The largest absolute Gasteiger partial charge is 0.492 e. The van der Waals surface area contributed by atoms with Gasteiger partial charge in [0.05, 0.1) is 27.8 Å². The normalized spacial score (nSPS) is 12.0. The molecule has 0 unspecified atom stereocenters. The van der Waals surface area contributed by atoms with Gasteiger partial charge in [0.25, 0.3) is 10.0 Å². The molecule has 0 aromatic heterocycles. The quantitative estimate of drug-likeness (QED) is 0.828. The van der Waals surface area contributed by atoms with E-state index in [1.165, 1.54) is 6.07 Å². The molecule has 24 heavy (non-hydrogen) atoms. The lowest BCUT2D eigenvalue weighted by Crippen LogP contribution is -2.15. The van der Waals surface area contributed by atoms with Crippen molar-refractivity contribution in [3.8, 4) is 5.75 Å². The van der Waals surface area contributed by atoms with Gasteiger partial charge in [-0.05, 0) is 37.3 Å². The fraction of sp³-hybridized carbons (Fsp3) is 0.200. The second-order valence-corrected chi connectivity index (χ2v) is 6.76. The summed E-state index contributed by atoms with van der Waals surface area (Å²) in [6.45, 7) is 2.03. The van der Waals surface area contributed by atoms with Gasteiger partial charge in [-0.25, -0.2) is 8.42 Å². The molecule has 0 amide bonds. The summed E-state index contributed by atoms with van der Waals surface area (Å²) < 4.78 is 70.9. The lowest BCUT2D eigenvalue weighted by atomic mass is 10.2. The van der Waals surface area contributed by atoms with Crippen LogP contribution >= 0.6 is 11.6 Å². The van der Waals surface area contributed by atoms with Gasteiger partial charge in [0.15, 0.2) is 0 Å². The third kappa shape index (κ3) is 4.12. The van der Waals surface area contributed by atoms with Crippen LogP contribution in [0, 0.1) is 0 Å². The van der Waals surface area contributed by atoms with Crippen LogP contribution in [0.3, 0.4) is 0 Å². The molecule has 0 fully saturated rings. The Hall–Kier alpha value is -1.93. The Morgan fingerprint density at radius 2 is 1.83 bits per heavy atom. The zero-order valence-corrected chi connectivity index (χ0v) is 14.0. The minimum absolute atomic E-state index is 0.128. The second kappa shape index (κ2) is 6.90. The maximum Gasteiger partial charge on any atom is 0.417 e. The molecule has 0 aliphatic carbocycles. The maximum absolute atomic E-state index is 12.9. The number of rotatable bonds is 5. The Balaban J connectivity index is 2.42. The summed E-state index contributed by atoms with van der Waals surface area (Å²) in [4.78, 5) is -0.550. The summed E-state index contributed by atoms with van der Waals surface area (Å²) in [5.74, 6) is 0.272.